The lowest BCUT2D eigenvalue weighted by Gasteiger charge is -2.01. The Morgan fingerprint density at radius 1 is 1.31 bits per heavy atom. The molecule has 0 aliphatic rings. The lowest BCUT2D eigenvalue weighted by atomic mass is 10.1. The Morgan fingerprint density at radius 2 is 2.08 bits per heavy atom. The highest BCUT2D eigenvalue weighted by atomic mass is 32.1. The number of H-pyrrole nitrogens is 1. The highest BCUT2D eigenvalue weighted by Gasteiger charge is 1.99. The van der Waals surface area contributed by atoms with Crippen LogP contribution < -0.4 is 5.56 Å². The van der Waals surface area contributed by atoms with Gasteiger partial charge in [0.1, 0.15) is 0 Å². The van der Waals surface area contributed by atoms with Gasteiger partial charge in [-0.15, -0.1) is 0 Å². The van der Waals surface area contributed by atoms with Crippen molar-refractivity contribution in [3.63, 3.8) is 0 Å². The number of rotatable bonds is 1. The van der Waals surface area contributed by atoms with Gasteiger partial charge in [0.25, 0.3) is 0 Å². The van der Waals surface area contributed by atoms with E-state index in [-0.39, 0.29) is 5.56 Å². The molecule has 0 amide bonds. The van der Waals surface area contributed by atoms with Gasteiger partial charge in [0.2, 0.25) is 5.56 Å². The van der Waals surface area contributed by atoms with Crippen molar-refractivity contribution in [3.8, 4) is 0 Å². The van der Waals surface area contributed by atoms with Crippen LogP contribution in [0.2, 0.25) is 0 Å². The summed E-state index contributed by atoms with van der Waals surface area (Å²) < 4.78 is 0. The smallest absolute Gasteiger partial charge is 0.248 e. The molecule has 0 saturated carbocycles. The van der Waals surface area contributed by atoms with E-state index < -0.39 is 0 Å². The van der Waals surface area contributed by atoms with Crippen LogP contribution in [0.25, 0.3) is 10.9 Å². The molecule has 0 radical (unpaired) electrons. The highest BCUT2D eigenvalue weighted by Crippen LogP contribution is 2.15. The predicted molar refractivity (Wildman–Crippen MR) is 57.3 cm³/mol. The lowest BCUT2D eigenvalue weighted by Crippen LogP contribution is -2.05. The van der Waals surface area contributed by atoms with E-state index >= 15 is 0 Å². The summed E-state index contributed by atoms with van der Waals surface area (Å²) in [5.41, 5.74) is 1.78. The quantitative estimate of drug-likeness (QED) is 0.664. The minimum absolute atomic E-state index is 0.0669. The number of nitrogens with one attached hydrogen (secondary N) is 1. The van der Waals surface area contributed by atoms with Crippen molar-refractivity contribution in [1.82, 2.24) is 4.98 Å². The fourth-order valence-corrected chi connectivity index (χ4v) is 1.67. The number of para-hydroxylation sites is 1. The van der Waals surface area contributed by atoms with Gasteiger partial charge >= 0.3 is 0 Å². The van der Waals surface area contributed by atoms with Crippen molar-refractivity contribution in [2.24, 2.45) is 0 Å². The second-order valence-corrected chi connectivity index (χ2v) is 3.18. The van der Waals surface area contributed by atoms with Crippen molar-refractivity contribution in [2.45, 2.75) is 5.75 Å². The second kappa shape index (κ2) is 3.26. The van der Waals surface area contributed by atoms with E-state index in [1.807, 2.05) is 24.3 Å². The maximum absolute atomic E-state index is 11.2. The third-order valence-corrected chi connectivity index (χ3v) is 2.35. The SMILES string of the molecule is O=c1cc(CS)c2ccccc2[nH]1. The molecule has 0 atom stereocenters. The fraction of sp³-hybridized carbons (Fsp3) is 0.100. The number of benzene rings is 1. The van der Waals surface area contributed by atoms with Gasteiger partial charge in [-0.3, -0.25) is 4.79 Å². The summed E-state index contributed by atoms with van der Waals surface area (Å²) in [6.07, 6.45) is 0. The Morgan fingerprint density at radius 3 is 2.85 bits per heavy atom. The molecule has 0 aliphatic carbocycles. The summed E-state index contributed by atoms with van der Waals surface area (Å²) in [4.78, 5) is 13.9. The van der Waals surface area contributed by atoms with Crippen LogP contribution in [0.15, 0.2) is 35.1 Å². The van der Waals surface area contributed by atoms with Gasteiger partial charge in [0.05, 0.1) is 0 Å². The molecular formula is C10H9NOS. The van der Waals surface area contributed by atoms with Gasteiger partial charge in [0.15, 0.2) is 0 Å². The first-order valence-corrected chi connectivity index (χ1v) is 4.66. The highest BCUT2D eigenvalue weighted by molar-refractivity contribution is 7.79. The van der Waals surface area contributed by atoms with E-state index in [0.717, 1.165) is 16.5 Å². The topological polar surface area (TPSA) is 32.9 Å². The van der Waals surface area contributed by atoms with Gasteiger partial charge in [0, 0.05) is 22.7 Å². The normalized spacial score (nSPS) is 10.5. The first kappa shape index (κ1) is 8.38. The van der Waals surface area contributed by atoms with Crippen molar-refractivity contribution >= 4 is 23.5 Å². The largest absolute Gasteiger partial charge is 0.322 e. The maximum Gasteiger partial charge on any atom is 0.248 e. The molecule has 1 heterocycles. The summed E-state index contributed by atoms with van der Waals surface area (Å²) in [5, 5.41) is 1.07. The molecule has 13 heavy (non-hydrogen) atoms. The molecule has 2 nitrogen and oxygen atoms in total. The summed E-state index contributed by atoms with van der Waals surface area (Å²) in [7, 11) is 0. The molecule has 2 aromatic rings. The van der Waals surface area contributed by atoms with Gasteiger partial charge in [-0.2, -0.15) is 12.6 Å². The number of hydrogen-bond donors (Lipinski definition) is 2. The van der Waals surface area contributed by atoms with Crippen molar-refractivity contribution in [3.05, 3.63) is 46.2 Å². The maximum atomic E-state index is 11.2. The zero-order valence-corrected chi connectivity index (χ0v) is 7.84. The molecule has 1 aromatic heterocycles. The summed E-state index contributed by atoms with van der Waals surface area (Å²) >= 11 is 4.18. The van der Waals surface area contributed by atoms with E-state index in [9.17, 15) is 4.79 Å². The molecule has 1 aromatic carbocycles. The molecule has 1 N–H and O–H groups in total. The third-order valence-electron chi connectivity index (χ3n) is 2.01. The monoisotopic (exact) mass is 191 g/mol. The molecule has 0 bridgehead atoms. The molecule has 0 fully saturated rings. The molecule has 2 rings (SSSR count). The molecule has 0 unspecified atom stereocenters. The van der Waals surface area contributed by atoms with E-state index in [2.05, 4.69) is 17.6 Å². The Balaban J connectivity index is 2.89. The Labute approximate surface area is 81.0 Å². The first-order valence-electron chi connectivity index (χ1n) is 4.03. The molecule has 0 aliphatic heterocycles. The Bertz CT molecular complexity index is 489. The van der Waals surface area contributed by atoms with Gasteiger partial charge in [-0.05, 0) is 11.6 Å². The average Bonchev–Trinajstić information content (AvgIpc) is 2.16. The molecule has 0 saturated heterocycles. The zero-order valence-electron chi connectivity index (χ0n) is 6.95. The average molecular weight is 191 g/mol. The van der Waals surface area contributed by atoms with Gasteiger partial charge < -0.3 is 4.98 Å². The van der Waals surface area contributed by atoms with Crippen molar-refractivity contribution in [2.75, 3.05) is 0 Å². The minimum Gasteiger partial charge on any atom is -0.322 e. The standard InChI is InChI=1S/C10H9NOS/c12-10-5-7(6-13)8-3-1-2-4-9(8)11-10/h1-5,13H,6H2,(H,11,12). The Kier molecular flexibility index (Phi) is 2.10. The van der Waals surface area contributed by atoms with Gasteiger partial charge in [-0.25, -0.2) is 0 Å². The van der Waals surface area contributed by atoms with Crippen LogP contribution in [0.1, 0.15) is 5.56 Å². The van der Waals surface area contributed by atoms with Gasteiger partial charge in [-0.1, -0.05) is 18.2 Å². The van der Waals surface area contributed by atoms with Crippen LogP contribution in [0.5, 0.6) is 0 Å². The van der Waals surface area contributed by atoms with Crippen LogP contribution in [0.3, 0.4) is 0 Å². The minimum atomic E-state index is -0.0669. The van der Waals surface area contributed by atoms with Crippen LogP contribution in [0, 0.1) is 0 Å². The zero-order chi connectivity index (χ0) is 9.26. The third kappa shape index (κ3) is 1.47. The van der Waals surface area contributed by atoms with E-state index in [0.29, 0.717) is 5.75 Å². The van der Waals surface area contributed by atoms with E-state index in [1.165, 1.54) is 0 Å². The van der Waals surface area contributed by atoms with E-state index in [4.69, 9.17) is 0 Å². The molecular weight excluding hydrogens is 182 g/mol. The first-order chi connectivity index (χ1) is 6.31. The molecule has 66 valence electrons. The van der Waals surface area contributed by atoms with Crippen molar-refractivity contribution < 1.29 is 0 Å². The number of fused-ring (bicyclic) bond motifs is 1. The summed E-state index contributed by atoms with van der Waals surface area (Å²) in [5.74, 6) is 0.588. The number of thiol groups is 1. The number of pyridine rings is 1. The second-order valence-electron chi connectivity index (χ2n) is 2.86. The van der Waals surface area contributed by atoms with Crippen LogP contribution in [-0.4, -0.2) is 4.98 Å². The van der Waals surface area contributed by atoms with Crippen molar-refractivity contribution in [1.29, 1.82) is 0 Å². The van der Waals surface area contributed by atoms with Crippen LogP contribution in [-0.2, 0) is 5.75 Å². The van der Waals surface area contributed by atoms with E-state index in [1.54, 1.807) is 6.07 Å². The van der Waals surface area contributed by atoms with Crippen LogP contribution >= 0.6 is 12.6 Å². The number of aromatic nitrogens is 1. The van der Waals surface area contributed by atoms with Crippen LogP contribution in [0.4, 0.5) is 0 Å². The summed E-state index contributed by atoms with van der Waals surface area (Å²) in [6, 6.07) is 9.32. The molecule has 3 heteroatoms. The lowest BCUT2D eigenvalue weighted by molar-refractivity contribution is 1.27. The molecule has 0 spiro atoms. The number of aromatic amines is 1. The fourth-order valence-electron chi connectivity index (χ4n) is 1.41. The predicted octanol–water partition coefficient (Wildman–Crippen LogP) is 1.96. The Hall–Kier alpha value is -1.22. The number of hydrogen-bond acceptors (Lipinski definition) is 2. The summed E-state index contributed by atoms with van der Waals surface area (Å²) in [6.45, 7) is 0.